The summed E-state index contributed by atoms with van der Waals surface area (Å²) in [4.78, 5) is 12.0. The maximum absolute atomic E-state index is 12.0. The number of carbonyl (C=O) groups excluding carboxylic acids is 1. The Morgan fingerprint density at radius 3 is 2.75 bits per heavy atom. The van der Waals surface area contributed by atoms with Crippen molar-refractivity contribution in [3.05, 3.63) is 53.0 Å². The van der Waals surface area contributed by atoms with Crippen molar-refractivity contribution in [3.63, 3.8) is 0 Å². The highest BCUT2D eigenvalue weighted by Gasteiger charge is 2.09. The van der Waals surface area contributed by atoms with Crippen LogP contribution < -0.4 is 5.32 Å². The second kappa shape index (κ2) is 6.09. The van der Waals surface area contributed by atoms with Crippen molar-refractivity contribution in [3.8, 4) is 11.8 Å². The lowest BCUT2D eigenvalue weighted by Gasteiger charge is -2.05. The van der Waals surface area contributed by atoms with Crippen molar-refractivity contribution >= 4 is 11.6 Å². The molecular formula is C16H15NO3. The Morgan fingerprint density at radius 2 is 2.10 bits per heavy atom. The first-order chi connectivity index (χ1) is 9.58. The summed E-state index contributed by atoms with van der Waals surface area (Å²) in [5.74, 6) is 5.87. The van der Waals surface area contributed by atoms with E-state index in [1.807, 2.05) is 19.1 Å². The van der Waals surface area contributed by atoms with Gasteiger partial charge in [-0.3, -0.25) is 4.79 Å². The number of benzene rings is 1. The van der Waals surface area contributed by atoms with Gasteiger partial charge in [0.25, 0.3) is 5.91 Å². The standard InChI is InChI=1S/C16H15NO3/c1-11-6-13(4-3-5-18)9-15(7-11)17-16(19)14-8-12(2)20-10-14/h6-10,18H,5H2,1-2H3,(H,17,19). The number of hydrogen-bond donors (Lipinski definition) is 2. The molecule has 102 valence electrons. The first-order valence-electron chi connectivity index (χ1n) is 6.16. The van der Waals surface area contributed by atoms with E-state index < -0.39 is 0 Å². The molecule has 1 amide bonds. The number of aliphatic hydroxyl groups is 1. The summed E-state index contributed by atoms with van der Waals surface area (Å²) in [7, 11) is 0. The Hall–Kier alpha value is -2.51. The molecule has 0 aliphatic carbocycles. The predicted octanol–water partition coefficient (Wildman–Crippen LogP) is 2.49. The fourth-order valence-electron chi connectivity index (χ4n) is 1.83. The number of aryl methyl sites for hydroxylation is 2. The molecule has 0 aliphatic heterocycles. The molecule has 4 nitrogen and oxygen atoms in total. The maximum Gasteiger partial charge on any atom is 0.258 e. The van der Waals surface area contributed by atoms with Gasteiger partial charge in [-0.05, 0) is 43.7 Å². The van der Waals surface area contributed by atoms with Crippen LogP contribution in [0.3, 0.4) is 0 Å². The van der Waals surface area contributed by atoms with Gasteiger partial charge in [0.2, 0.25) is 0 Å². The second-order valence-corrected chi connectivity index (χ2v) is 4.45. The Kier molecular flexibility index (Phi) is 4.24. The first-order valence-corrected chi connectivity index (χ1v) is 6.16. The zero-order valence-electron chi connectivity index (χ0n) is 11.4. The van der Waals surface area contributed by atoms with E-state index >= 15 is 0 Å². The zero-order valence-corrected chi connectivity index (χ0v) is 11.4. The van der Waals surface area contributed by atoms with Crippen LogP contribution in [0, 0.1) is 25.7 Å². The molecule has 20 heavy (non-hydrogen) atoms. The van der Waals surface area contributed by atoms with Crippen molar-refractivity contribution < 1.29 is 14.3 Å². The third kappa shape index (κ3) is 3.50. The maximum atomic E-state index is 12.0. The molecule has 0 saturated carbocycles. The summed E-state index contributed by atoms with van der Waals surface area (Å²) in [5, 5.41) is 11.5. The quantitative estimate of drug-likeness (QED) is 0.823. The van der Waals surface area contributed by atoms with E-state index in [1.54, 1.807) is 19.1 Å². The highest BCUT2D eigenvalue weighted by atomic mass is 16.3. The Labute approximate surface area is 117 Å². The van der Waals surface area contributed by atoms with Crippen LogP contribution in [0.4, 0.5) is 5.69 Å². The van der Waals surface area contributed by atoms with Gasteiger partial charge in [-0.2, -0.15) is 0 Å². The van der Waals surface area contributed by atoms with E-state index in [2.05, 4.69) is 17.2 Å². The molecule has 2 N–H and O–H groups in total. The van der Waals surface area contributed by atoms with Crippen LogP contribution in [-0.2, 0) is 0 Å². The second-order valence-electron chi connectivity index (χ2n) is 4.45. The van der Waals surface area contributed by atoms with Gasteiger partial charge < -0.3 is 14.8 Å². The van der Waals surface area contributed by atoms with Crippen molar-refractivity contribution in [1.82, 2.24) is 0 Å². The Balaban J connectivity index is 2.20. The van der Waals surface area contributed by atoms with Crippen LogP contribution in [0.1, 0.15) is 27.2 Å². The van der Waals surface area contributed by atoms with Gasteiger partial charge in [-0.25, -0.2) is 0 Å². The molecule has 0 saturated heterocycles. The lowest BCUT2D eigenvalue weighted by atomic mass is 10.1. The van der Waals surface area contributed by atoms with E-state index in [1.165, 1.54) is 6.26 Å². The van der Waals surface area contributed by atoms with Gasteiger partial charge in [-0.15, -0.1) is 0 Å². The lowest BCUT2D eigenvalue weighted by Crippen LogP contribution is -2.11. The topological polar surface area (TPSA) is 62.5 Å². The molecular weight excluding hydrogens is 254 g/mol. The van der Waals surface area contributed by atoms with Crippen molar-refractivity contribution in [2.24, 2.45) is 0 Å². The molecule has 2 aromatic rings. The number of aliphatic hydroxyl groups excluding tert-OH is 1. The molecule has 0 spiro atoms. The summed E-state index contributed by atoms with van der Waals surface area (Å²) in [6.45, 7) is 3.51. The Bertz CT molecular complexity index is 689. The largest absolute Gasteiger partial charge is 0.469 e. The summed E-state index contributed by atoms with van der Waals surface area (Å²) in [6, 6.07) is 7.19. The van der Waals surface area contributed by atoms with Gasteiger partial charge in [0.15, 0.2) is 0 Å². The molecule has 0 radical (unpaired) electrons. The van der Waals surface area contributed by atoms with Gasteiger partial charge in [0, 0.05) is 11.3 Å². The summed E-state index contributed by atoms with van der Waals surface area (Å²) in [6.07, 6.45) is 1.42. The minimum absolute atomic E-state index is 0.191. The molecule has 0 fully saturated rings. The molecule has 4 heteroatoms. The van der Waals surface area contributed by atoms with Crippen LogP contribution >= 0.6 is 0 Å². The van der Waals surface area contributed by atoms with Crippen LogP contribution in [0.15, 0.2) is 34.9 Å². The number of rotatable bonds is 2. The monoisotopic (exact) mass is 269 g/mol. The van der Waals surface area contributed by atoms with E-state index in [-0.39, 0.29) is 12.5 Å². The first kappa shape index (κ1) is 13.9. The van der Waals surface area contributed by atoms with E-state index in [0.717, 1.165) is 11.1 Å². The number of anilines is 1. The minimum atomic E-state index is -0.228. The average Bonchev–Trinajstić information content (AvgIpc) is 2.82. The molecule has 0 atom stereocenters. The van der Waals surface area contributed by atoms with Crippen LogP contribution in [0.25, 0.3) is 0 Å². The smallest absolute Gasteiger partial charge is 0.258 e. The molecule has 0 unspecified atom stereocenters. The predicted molar refractivity (Wildman–Crippen MR) is 76.5 cm³/mol. The molecule has 1 heterocycles. The van der Waals surface area contributed by atoms with E-state index in [9.17, 15) is 4.79 Å². The van der Waals surface area contributed by atoms with E-state index in [0.29, 0.717) is 17.0 Å². The highest BCUT2D eigenvalue weighted by Crippen LogP contribution is 2.16. The van der Waals surface area contributed by atoms with Crippen LogP contribution in [0.2, 0.25) is 0 Å². The fraction of sp³-hybridized carbons (Fsp3) is 0.188. The van der Waals surface area contributed by atoms with E-state index in [4.69, 9.17) is 9.52 Å². The van der Waals surface area contributed by atoms with Crippen LogP contribution in [0.5, 0.6) is 0 Å². The van der Waals surface area contributed by atoms with Gasteiger partial charge in [-0.1, -0.05) is 11.8 Å². The third-order valence-electron chi connectivity index (χ3n) is 2.64. The van der Waals surface area contributed by atoms with Crippen molar-refractivity contribution in [2.75, 3.05) is 11.9 Å². The van der Waals surface area contributed by atoms with Crippen LogP contribution in [-0.4, -0.2) is 17.6 Å². The zero-order chi connectivity index (χ0) is 14.5. The molecule has 1 aromatic carbocycles. The van der Waals surface area contributed by atoms with Crippen molar-refractivity contribution in [2.45, 2.75) is 13.8 Å². The molecule has 1 aromatic heterocycles. The summed E-state index contributed by atoms with van der Waals surface area (Å²) >= 11 is 0. The number of nitrogens with one attached hydrogen (secondary N) is 1. The lowest BCUT2D eigenvalue weighted by molar-refractivity contribution is 0.102. The number of carbonyl (C=O) groups is 1. The minimum Gasteiger partial charge on any atom is -0.469 e. The molecule has 0 bridgehead atoms. The van der Waals surface area contributed by atoms with Gasteiger partial charge in [0.05, 0.1) is 5.56 Å². The molecule has 0 aliphatic rings. The number of furan rings is 1. The summed E-state index contributed by atoms with van der Waals surface area (Å²) in [5.41, 5.74) is 2.87. The normalized spacial score (nSPS) is 9.75. The fourth-order valence-corrected chi connectivity index (χ4v) is 1.83. The van der Waals surface area contributed by atoms with Gasteiger partial charge >= 0.3 is 0 Å². The highest BCUT2D eigenvalue weighted by molar-refractivity contribution is 6.04. The number of amides is 1. The van der Waals surface area contributed by atoms with Crippen molar-refractivity contribution in [1.29, 1.82) is 0 Å². The third-order valence-corrected chi connectivity index (χ3v) is 2.64. The summed E-state index contributed by atoms with van der Waals surface area (Å²) < 4.78 is 5.11. The molecule has 2 rings (SSSR count). The number of hydrogen-bond acceptors (Lipinski definition) is 3. The SMILES string of the molecule is Cc1cc(C#CCO)cc(NC(=O)c2coc(C)c2)c1. The van der Waals surface area contributed by atoms with Gasteiger partial charge in [0.1, 0.15) is 18.6 Å². The average molecular weight is 269 g/mol. The Morgan fingerprint density at radius 1 is 1.30 bits per heavy atom.